The average Bonchev–Trinajstić information content (AvgIpc) is 2.52. The van der Waals surface area contributed by atoms with Gasteiger partial charge in [-0.1, -0.05) is 11.6 Å². The third-order valence-corrected chi connectivity index (χ3v) is 3.71. The van der Waals surface area contributed by atoms with E-state index >= 15 is 0 Å². The Hall–Kier alpha value is -2.60. The van der Waals surface area contributed by atoms with E-state index < -0.39 is 0 Å². The number of rotatable bonds is 4. The number of anilines is 2. The third-order valence-electron chi connectivity index (χ3n) is 3.48. The van der Waals surface area contributed by atoms with Crippen LogP contribution in [0.1, 0.15) is 26.3 Å². The molecule has 0 atom stereocenters. The highest BCUT2D eigenvalue weighted by Crippen LogP contribution is 2.18. The maximum Gasteiger partial charge on any atom is 0.253 e. The fourth-order valence-corrected chi connectivity index (χ4v) is 2.61. The van der Waals surface area contributed by atoms with Gasteiger partial charge in [-0.15, -0.1) is 0 Å². The largest absolute Gasteiger partial charge is 0.365 e. The highest BCUT2D eigenvalue weighted by atomic mass is 35.5. The number of hydrogen-bond acceptors (Lipinski definition) is 5. The van der Waals surface area contributed by atoms with Crippen molar-refractivity contribution in [3.05, 3.63) is 57.5 Å². The number of aromatic nitrogens is 3. The summed E-state index contributed by atoms with van der Waals surface area (Å²) in [5, 5.41) is 7.89. The molecule has 0 radical (unpaired) electrons. The van der Waals surface area contributed by atoms with Gasteiger partial charge in [0.25, 0.3) is 5.56 Å². The van der Waals surface area contributed by atoms with Gasteiger partial charge in [0.05, 0.1) is 0 Å². The van der Waals surface area contributed by atoms with Crippen molar-refractivity contribution in [3.8, 4) is 0 Å². The Morgan fingerprint density at radius 1 is 1.20 bits per heavy atom. The standard InChI is InChI=1S/C18H20ClN5O/c1-18(2,3)24-15-6-7-20-17(23-15)21-10-12-8-11-9-13(19)4-5-14(11)22-16(12)25/h4-9H,10H2,1-3H3,(H,22,25)(H2,20,21,23,24). The van der Waals surface area contributed by atoms with Crippen molar-refractivity contribution in [1.82, 2.24) is 15.0 Å². The van der Waals surface area contributed by atoms with Crippen molar-refractivity contribution in [2.45, 2.75) is 32.9 Å². The van der Waals surface area contributed by atoms with Crippen LogP contribution >= 0.6 is 11.6 Å². The zero-order chi connectivity index (χ0) is 18.0. The lowest BCUT2D eigenvalue weighted by molar-refractivity contribution is 0.630. The van der Waals surface area contributed by atoms with Gasteiger partial charge >= 0.3 is 0 Å². The Balaban J connectivity index is 1.79. The molecule has 0 saturated heterocycles. The highest BCUT2D eigenvalue weighted by molar-refractivity contribution is 6.31. The minimum Gasteiger partial charge on any atom is -0.365 e. The minimum atomic E-state index is -0.147. The van der Waals surface area contributed by atoms with Gasteiger partial charge in [0.1, 0.15) is 5.82 Å². The summed E-state index contributed by atoms with van der Waals surface area (Å²) in [6, 6.07) is 8.99. The van der Waals surface area contributed by atoms with Crippen LogP contribution in [0, 0.1) is 0 Å². The van der Waals surface area contributed by atoms with E-state index in [0.717, 1.165) is 16.7 Å². The molecule has 0 unspecified atom stereocenters. The van der Waals surface area contributed by atoms with Crippen LogP contribution in [0.4, 0.5) is 11.8 Å². The summed E-state index contributed by atoms with van der Waals surface area (Å²) < 4.78 is 0. The minimum absolute atomic E-state index is 0.0968. The van der Waals surface area contributed by atoms with E-state index in [1.54, 1.807) is 24.4 Å². The van der Waals surface area contributed by atoms with Crippen LogP contribution in [0.2, 0.25) is 5.02 Å². The monoisotopic (exact) mass is 357 g/mol. The second-order valence-corrected chi connectivity index (χ2v) is 7.29. The van der Waals surface area contributed by atoms with E-state index in [9.17, 15) is 4.79 Å². The van der Waals surface area contributed by atoms with E-state index in [0.29, 0.717) is 23.1 Å². The molecule has 3 N–H and O–H groups in total. The second-order valence-electron chi connectivity index (χ2n) is 6.85. The molecule has 2 heterocycles. The molecular weight excluding hydrogens is 338 g/mol. The van der Waals surface area contributed by atoms with Crippen LogP contribution < -0.4 is 16.2 Å². The van der Waals surface area contributed by atoms with Gasteiger partial charge in [0, 0.05) is 39.8 Å². The van der Waals surface area contributed by atoms with E-state index in [-0.39, 0.29) is 11.1 Å². The summed E-state index contributed by atoms with van der Waals surface area (Å²) in [7, 11) is 0. The number of benzene rings is 1. The lowest BCUT2D eigenvalue weighted by atomic mass is 10.1. The van der Waals surface area contributed by atoms with Gasteiger partial charge in [0.2, 0.25) is 5.95 Å². The summed E-state index contributed by atoms with van der Waals surface area (Å²) in [5.74, 6) is 1.18. The summed E-state index contributed by atoms with van der Waals surface area (Å²) >= 11 is 6.02. The first-order valence-corrected chi connectivity index (χ1v) is 8.34. The van der Waals surface area contributed by atoms with Crippen molar-refractivity contribution < 1.29 is 0 Å². The lowest BCUT2D eigenvalue weighted by Crippen LogP contribution is -2.26. The van der Waals surface area contributed by atoms with E-state index in [1.165, 1.54) is 0 Å². The SMILES string of the molecule is CC(C)(C)Nc1ccnc(NCc2cc3cc(Cl)ccc3[nH]c2=O)n1. The van der Waals surface area contributed by atoms with Crippen molar-refractivity contribution >= 4 is 34.3 Å². The van der Waals surface area contributed by atoms with E-state index in [4.69, 9.17) is 11.6 Å². The van der Waals surface area contributed by atoms with Crippen LogP contribution in [0.15, 0.2) is 41.3 Å². The molecule has 25 heavy (non-hydrogen) atoms. The summed E-state index contributed by atoms with van der Waals surface area (Å²) in [6.45, 7) is 6.49. The van der Waals surface area contributed by atoms with E-state index in [1.807, 2.05) is 12.1 Å². The van der Waals surface area contributed by atoms with Crippen molar-refractivity contribution in [2.75, 3.05) is 10.6 Å². The number of nitrogens with one attached hydrogen (secondary N) is 3. The lowest BCUT2D eigenvalue weighted by Gasteiger charge is -2.21. The number of H-pyrrole nitrogens is 1. The van der Waals surface area contributed by atoms with Gasteiger partial charge < -0.3 is 15.6 Å². The number of aromatic amines is 1. The number of pyridine rings is 1. The molecule has 1 aromatic carbocycles. The zero-order valence-electron chi connectivity index (χ0n) is 14.4. The first-order chi connectivity index (χ1) is 11.8. The van der Waals surface area contributed by atoms with Crippen molar-refractivity contribution in [1.29, 1.82) is 0 Å². The van der Waals surface area contributed by atoms with Crippen LogP contribution in [-0.2, 0) is 6.54 Å². The molecule has 0 spiro atoms. The number of halogens is 1. The Morgan fingerprint density at radius 2 is 2.00 bits per heavy atom. The molecule has 0 saturated carbocycles. The topological polar surface area (TPSA) is 82.7 Å². The molecular formula is C18H20ClN5O. The maximum absolute atomic E-state index is 12.2. The van der Waals surface area contributed by atoms with Gasteiger partial charge in [-0.05, 0) is 51.1 Å². The number of fused-ring (bicyclic) bond motifs is 1. The molecule has 3 rings (SSSR count). The van der Waals surface area contributed by atoms with Gasteiger partial charge in [-0.3, -0.25) is 4.79 Å². The summed E-state index contributed by atoms with van der Waals surface area (Å²) in [4.78, 5) is 23.7. The van der Waals surface area contributed by atoms with Gasteiger partial charge in [-0.25, -0.2) is 4.98 Å². The predicted molar refractivity (Wildman–Crippen MR) is 102 cm³/mol. The van der Waals surface area contributed by atoms with Crippen LogP contribution in [0.25, 0.3) is 10.9 Å². The molecule has 0 aliphatic heterocycles. The molecule has 0 fully saturated rings. The molecule has 0 aliphatic carbocycles. The highest BCUT2D eigenvalue weighted by Gasteiger charge is 2.11. The number of hydrogen-bond donors (Lipinski definition) is 3. The first kappa shape index (κ1) is 17.2. The van der Waals surface area contributed by atoms with Crippen LogP contribution in [-0.4, -0.2) is 20.5 Å². The summed E-state index contributed by atoms with van der Waals surface area (Å²) in [6.07, 6.45) is 1.67. The predicted octanol–water partition coefficient (Wildman–Crippen LogP) is 3.79. The fourth-order valence-electron chi connectivity index (χ4n) is 2.43. The van der Waals surface area contributed by atoms with Gasteiger partial charge in [0.15, 0.2) is 0 Å². The molecule has 0 amide bonds. The molecule has 2 aromatic heterocycles. The molecule has 0 aliphatic rings. The van der Waals surface area contributed by atoms with Crippen LogP contribution in [0.5, 0.6) is 0 Å². The Morgan fingerprint density at radius 3 is 2.76 bits per heavy atom. The second kappa shape index (κ2) is 6.72. The number of nitrogens with zero attached hydrogens (tertiary/aromatic N) is 2. The molecule has 6 nitrogen and oxygen atoms in total. The Bertz CT molecular complexity index is 962. The Kier molecular flexibility index (Phi) is 4.63. The molecule has 3 aromatic rings. The van der Waals surface area contributed by atoms with Crippen molar-refractivity contribution in [3.63, 3.8) is 0 Å². The average molecular weight is 358 g/mol. The van der Waals surface area contributed by atoms with Crippen LogP contribution in [0.3, 0.4) is 0 Å². The third kappa shape index (κ3) is 4.48. The smallest absolute Gasteiger partial charge is 0.253 e. The zero-order valence-corrected chi connectivity index (χ0v) is 15.1. The summed E-state index contributed by atoms with van der Waals surface area (Å²) in [5.41, 5.74) is 1.10. The van der Waals surface area contributed by atoms with Crippen molar-refractivity contribution in [2.24, 2.45) is 0 Å². The normalized spacial score (nSPS) is 11.5. The maximum atomic E-state index is 12.2. The molecule has 0 bridgehead atoms. The first-order valence-electron chi connectivity index (χ1n) is 7.97. The van der Waals surface area contributed by atoms with E-state index in [2.05, 4.69) is 46.4 Å². The Labute approximate surface area is 150 Å². The quantitative estimate of drug-likeness (QED) is 0.661. The molecule has 130 valence electrons. The van der Waals surface area contributed by atoms with Gasteiger partial charge in [-0.2, -0.15) is 4.98 Å². The fraction of sp³-hybridized carbons (Fsp3) is 0.278. The molecule has 7 heteroatoms.